The number of hydrogen-bond donors (Lipinski definition) is 0. The number of aromatic nitrogens is 4. The van der Waals surface area contributed by atoms with Crippen LogP contribution in [0.5, 0.6) is 5.06 Å². The van der Waals surface area contributed by atoms with Crippen LogP contribution in [0.2, 0.25) is 0 Å². The SMILES string of the molecule is COc1cc2c(s1)C(=O)N(c1cccc(-c3nncn3C3CC3)n1)C2. The van der Waals surface area contributed by atoms with Gasteiger partial charge in [0.05, 0.1) is 13.7 Å². The minimum absolute atomic E-state index is 0.0309. The van der Waals surface area contributed by atoms with E-state index in [0.29, 0.717) is 18.4 Å². The summed E-state index contributed by atoms with van der Waals surface area (Å²) in [5.41, 5.74) is 1.72. The monoisotopic (exact) mass is 353 g/mol. The zero-order valence-electron chi connectivity index (χ0n) is 13.5. The van der Waals surface area contributed by atoms with Crippen molar-refractivity contribution in [3.05, 3.63) is 41.0 Å². The maximum absolute atomic E-state index is 12.7. The van der Waals surface area contributed by atoms with Crippen molar-refractivity contribution < 1.29 is 9.53 Å². The highest BCUT2D eigenvalue weighted by atomic mass is 32.1. The van der Waals surface area contributed by atoms with Gasteiger partial charge in [0.25, 0.3) is 5.91 Å². The summed E-state index contributed by atoms with van der Waals surface area (Å²) >= 11 is 1.38. The number of carbonyl (C=O) groups excluding carboxylic acids is 1. The third-order valence-electron chi connectivity index (χ3n) is 4.51. The lowest BCUT2D eigenvalue weighted by Crippen LogP contribution is -2.24. The molecule has 1 fully saturated rings. The molecule has 1 saturated carbocycles. The van der Waals surface area contributed by atoms with E-state index in [9.17, 15) is 4.79 Å². The van der Waals surface area contributed by atoms with Gasteiger partial charge in [-0.1, -0.05) is 17.4 Å². The molecule has 5 rings (SSSR count). The number of pyridine rings is 1. The molecular formula is C17H15N5O2S. The first-order valence-electron chi connectivity index (χ1n) is 8.10. The molecule has 8 heteroatoms. The van der Waals surface area contributed by atoms with Crippen molar-refractivity contribution in [1.82, 2.24) is 19.7 Å². The van der Waals surface area contributed by atoms with Crippen molar-refractivity contribution in [3.63, 3.8) is 0 Å². The second kappa shape index (κ2) is 5.38. The molecule has 0 radical (unpaired) electrons. The molecule has 4 heterocycles. The Kier molecular flexibility index (Phi) is 3.14. The highest BCUT2D eigenvalue weighted by Crippen LogP contribution is 2.39. The van der Waals surface area contributed by atoms with Gasteiger partial charge in [-0.15, -0.1) is 10.2 Å². The average Bonchev–Trinajstić information content (AvgIpc) is 3.10. The molecule has 0 atom stereocenters. The van der Waals surface area contributed by atoms with E-state index in [4.69, 9.17) is 4.74 Å². The standard InChI is InChI=1S/C17H15N5O2S/c1-24-14-7-10-8-21(17(23)15(10)25-14)13-4-2-3-12(19-13)16-20-18-9-22(16)11-5-6-11/h2-4,7,9,11H,5-6,8H2,1H3. The fourth-order valence-electron chi connectivity index (χ4n) is 3.10. The van der Waals surface area contributed by atoms with Gasteiger partial charge in [0.2, 0.25) is 0 Å². The van der Waals surface area contributed by atoms with E-state index in [1.54, 1.807) is 18.3 Å². The molecule has 2 aliphatic rings. The van der Waals surface area contributed by atoms with Crippen LogP contribution in [0.25, 0.3) is 11.5 Å². The Morgan fingerprint density at radius 1 is 1.32 bits per heavy atom. The van der Waals surface area contributed by atoms with Crippen LogP contribution < -0.4 is 9.64 Å². The number of hydrogen-bond acceptors (Lipinski definition) is 6. The van der Waals surface area contributed by atoms with Crippen LogP contribution in [0.15, 0.2) is 30.6 Å². The third kappa shape index (κ3) is 2.32. The van der Waals surface area contributed by atoms with E-state index in [0.717, 1.165) is 39.9 Å². The van der Waals surface area contributed by atoms with Crippen LogP contribution in [-0.2, 0) is 6.54 Å². The summed E-state index contributed by atoms with van der Waals surface area (Å²) < 4.78 is 7.29. The molecule has 3 aromatic rings. The Morgan fingerprint density at radius 3 is 2.96 bits per heavy atom. The second-order valence-corrected chi connectivity index (χ2v) is 7.20. The average molecular weight is 353 g/mol. The van der Waals surface area contributed by atoms with E-state index < -0.39 is 0 Å². The molecule has 0 unspecified atom stereocenters. The van der Waals surface area contributed by atoms with Gasteiger partial charge >= 0.3 is 0 Å². The maximum Gasteiger partial charge on any atom is 0.270 e. The second-order valence-electron chi connectivity index (χ2n) is 6.19. The van der Waals surface area contributed by atoms with Crippen molar-refractivity contribution in [1.29, 1.82) is 0 Å². The van der Waals surface area contributed by atoms with Gasteiger partial charge in [-0.25, -0.2) is 4.98 Å². The lowest BCUT2D eigenvalue weighted by atomic mass is 10.3. The van der Waals surface area contributed by atoms with Gasteiger partial charge in [-0.2, -0.15) is 0 Å². The van der Waals surface area contributed by atoms with E-state index >= 15 is 0 Å². The number of methoxy groups -OCH3 is 1. The molecule has 0 N–H and O–H groups in total. The van der Waals surface area contributed by atoms with Crippen LogP contribution in [0.3, 0.4) is 0 Å². The first kappa shape index (κ1) is 14.6. The summed E-state index contributed by atoms with van der Waals surface area (Å²) in [7, 11) is 1.62. The Morgan fingerprint density at radius 2 is 2.20 bits per heavy atom. The Hall–Kier alpha value is -2.74. The minimum atomic E-state index is -0.0309. The fraction of sp³-hybridized carbons (Fsp3) is 0.294. The van der Waals surface area contributed by atoms with Crippen LogP contribution in [0.1, 0.15) is 34.1 Å². The molecule has 25 heavy (non-hydrogen) atoms. The highest BCUT2D eigenvalue weighted by Gasteiger charge is 2.33. The molecule has 1 aliphatic heterocycles. The number of rotatable bonds is 4. The normalized spacial score (nSPS) is 16.4. The van der Waals surface area contributed by atoms with Crippen LogP contribution in [-0.4, -0.2) is 32.8 Å². The first-order chi connectivity index (χ1) is 12.2. The Labute approximate surface area is 147 Å². The van der Waals surface area contributed by atoms with E-state index in [1.807, 2.05) is 24.3 Å². The van der Waals surface area contributed by atoms with Crippen molar-refractivity contribution >= 4 is 23.1 Å². The number of amides is 1. The summed E-state index contributed by atoms with van der Waals surface area (Å²) in [6, 6.07) is 8.07. The van der Waals surface area contributed by atoms with Crippen molar-refractivity contribution in [3.8, 4) is 16.6 Å². The van der Waals surface area contributed by atoms with Gasteiger partial charge in [0.15, 0.2) is 10.9 Å². The van der Waals surface area contributed by atoms with Crippen molar-refractivity contribution in [2.45, 2.75) is 25.4 Å². The van der Waals surface area contributed by atoms with Gasteiger partial charge in [0, 0.05) is 6.04 Å². The van der Waals surface area contributed by atoms with Crippen LogP contribution in [0, 0.1) is 0 Å². The summed E-state index contributed by atoms with van der Waals surface area (Å²) in [5.74, 6) is 1.36. The lowest BCUT2D eigenvalue weighted by molar-refractivity contribution is 0.0999. The largest absolute Gasteiger partial charge is 0.487 e. The van der Waals surface area contributed by atoms with Crippen LogP contribution >= 0.6 is 11.3 Å². The highest BCUT2D eigenvalue weighted by molar-refractivity contribution is 7.16. The molecule has 126 valence electrons. The predicted octanol–water partition coefficient (Wildman–Crippen LogP) is 2.91. The Bertz CT molecular complexity index is 975. The van der Waals surface area contributed by atoms with E-state index in [1.165, 1.54) is 11.3 Å². The number of thiophene rings is 1. The molecule has 0 aromatic carbocycles. The van der Waals surface area contributed by atoms with Crippen molar-refractivity contribution in [2.75, 3.05) is 12.0 Å². The van der Waals surface area contributed by atoms with Gasteiger partial charge < -0.3 is 9.30 Å². The quantitative estimate of drug-likeness (QED) is 0.721. The fourth-order valence-corrected chi connectivity index (χ4v) is 4.03. The molecule has 0 bridgehead atoms. The van der Waals surface area contributed by atoms with Gasteiger partial charge in [0.1, 0.15) is 22.7 Å². The number of anilines is 1. The van der Waals surface area contributed by atoms with Gasteiger partial charge in [-0.05, 0) is 36.6 Å². The molecular weight excluding hydrogens is 338 g/mol. The topological polar surface area (TPSA) is 73.1 Å². The van der Waals surface area contributed by atoms with Crippen LogP contribution in [0.4, 0.5) is 5.82 Å². The zero-order valence-corrected chi connectivity index (χ0v) is 14.4. The van der Waals surface area contributed by atoms with E-state index in [2.05, 4.69) is 19.7 Å². The van der Waals surface area contributed by atoms with Gasteiger partial charge in [-0.3, -0.25) is 9.69 Å². The summed E-state index contributed by atoms with van der Waals surface area (Å²) in [4.78, 5) is 19.8. The lowest BCUT2D eigenvalue weighted by Gasteiger charge is -2.15. The zero-order chi connectivity index (χ0) is 17.0. The third-order valence-corrected chi connectivity index (χ3v) is 5.64. The Balaban J connectivity index is 1.48. The molecule has 0 saturated heterocycles. The molecule has 3 aromatic heterocycles. The first-order valence-corrected chi connectivity index (χ1v) is 8.92. The number of carbonyl (C=O) groups is 1. The summed E-state index contributed by atoms with van der Waals surface area (Å²) in [6.07, 6.45) is 4.06. The number of ether oxygens (including phenoxy) is 1. The smallest absolute Gasteiger partial charge is 0.270 e. The molecule has 7 nitrogen and oxygen atoms in total. The number of nitrogens with zero attached hydrogens (tertiary/aromatic N) is 5. The molecule has 0 spiro atoms. The van der Waals surface area contributed by atoms with Crippen molar-refractivity contribution in [2.24, 2.45) is 0 Å². The minimum Gasteiger partial charge on any atom is -0.487 e. The van der Waals surface area contributed by atoms with E-state index in [-0.39, 0.29) is 5.91 Å². The summed E-state index contributed by atoms with van der Waals surface area (Å²) in [5, 5.41) is 9.01. The predicted molar refractivity (Wildman–Crippen MR) is 92.9 cm³/mol. The molecule has 1 aliphatic carbocycles. The number of fused-ring (bicyclic) bond motifs is 1. The maximum atomic E-state index is 12.7. The molecule has 1 amide bonds. The summed E-state index contributed by atoms with van der Waals surface area (Å²) in [6.45, 7) is 0.514.